The molecule has 112 valence electrons. The van der Waals surface area contributed by atoms with E-state index in [9.17, 15) is 0 Å². The van der Waals surface area contributed by atoms with Crippen LogP contribution in [0.3, 0.4) is 0 Å². The molecule has 0 amide bonds. The Morgan fingerprint density at radius 1 is 1.14 bits per heavy atom. The minimum absolute atomic E-state index is 0.139. The molecule has 1 aromatic carbocycles. The Morgan fingerprint density at radius 2 is 1.86 bits per heavy atom. The zero-order chi connectivity index (χ0) is 18.3. The fourth-order valence-corrected chi connectivity index (χ4v) is 2.87. The van der Waals surface area contributed by atoms with Crippen LogP contribution in [-0.4, -0.2) is 0 Å². The zero-order valence-corrected chi connectivity index (χ0v) is 14.0. The molecule has 0 saturated heterocycles. The summed E-state index contributed by atoms with van der Waals surface area (Å²) in [6.45, 7) is 8.82. The molecule has 0 spiro atoms. The van der Waals surface area contributed by atoms with Gasteiger partial charge in [0.2, 0.25) is 5.69 Å². The molecule has 1 heterocycles. The predicted octanol–water partition coefficient (Wildman–Crippen LogP) is 4.79. The highest BCUT2D eigenvalue weighted by molar-refractivity contribution is 5.62. The Morgan fingerprint density at radius 3 is 2.43 bits per heavy atom. The number of pyridine rings is 1. The first-order valence-electron chi connectivity index (χ1n) is 9.09. The van der Waals surface area contributed by atoms with Crippen molar-refractivity contribution in [3.05, 3.63) is 52.7 Å². The van der Waals surface area contributed by atoms with Gasteiger partial charge in [0.25, 0.3) is 0 Å². The van der Waals surface area contributed by atoms with Crippen LogP contribution in [0.4, 0.5) is 0 Å². The molecule has 0 aliphatic rings. The predicted molar refractivity (Wildman–Crippen MR) is 90.6 cm³/mol. The normalized spacial score (nSPS) is 14.5. The molecular formula is C20H28N+. The second kappa shape index (κ2) is 5.63. The summed E-state index contributed by atoms with van der Waals surface area (Å²) < 4.78 is 24.9. The summed E-state index contributed by atoms with van der Waals surface area (Å²) in [4.78, 5) is 0. The first-order chi connectivity index (χ1) is 11.0. The molecular weight excluding hydrogens is 254 g/mol. The Hall–Kier alpha value is -1.63. The van der Waals surface area contributed by atoms with Gasteiger partial charge in [0.1, 0.15) is 7.05 Å². The molecule has 0 atom stereocenters. The number of hydrogen-bond donors (Lipinski definition) is 0. The van der Waals surface area contributed by atoms with Crippen molar-refractivity contribution in [1.29, 1.82) is 0 Å². The van der Waals surface area contributed by atoms with Gasteiger partial charge in [-0.1, -0.05) is 38.5 Å². The summed E-state index contributed by atoms with van der Waals surface area (Å²) >= 11 is 0. The summed E-state index contributed by atoms with van der Waals surface area (Å²) in [6, 6.07) is 7.64. The first kappa shape index (κ1) is 12.0. The standard InChI is InChI=1S/C20H28N/c1-8-20(5,6)18-13-21(7)19(12-16(18)4)17-10-9-14(2)11-15(17)3/h9-13H,8H2,1-7H3/q+1/i2D3. The van der Waals surface area contributed by atoms with E-state index in [2.05, 4.69) is 51.6 Å². The largest absolute Gasteiger partial charge is 0.212 e. The second-order valence-corrected chi connectivity index (χ2v) is 6.63. The SMILES string of the molecule is [2H]C([2H])([2H])c1ccc(-c2cc(C)c(C(C)(C)CC)c[n+]2C)c(C)c1. The van der Waals surface area contributed by atoms with E-state index in [4.69, 9.17) is 4.11 Å². The molecule has 1 nitrogen and oxygen atoms in total. The lowest BCUT2D eigenvalue weighted by atomic mass is 9.80. The van der Waals surface area contributed by atoms with Crippen molar-refractivity contribution in [3.8, 4) is 11.3 Å². The molecule has 0 aliphatic heterocycles. The molecule has 0 radical (unpaired) electrons. The van der Waals surface area contributed by atoms with Crippen molar-refractivity contribution in [2.75, 3.05) is 0 Å². The second-order valence-electron chi connectivity index (χ2n) is 6.63. The maximum absolute atomic E-state index is 7.57. The average Bonchev–Trinajstić information content (AvgIpc) is 2.48. The highest BCUT2D eigenvalue weighted by Crippen LogP contribution is 2.30. The minimum Gasteiger partial charge on any atom is -0.201 e. The van der Waals surface area contributed by atoms with Crippen LogP contribution >= 0.6 is 0 Å². The van der Waals surface area contributed by atoms with Gasteiger partial charge in [0, 0.05) is 21.3 Å². The molecule has 0 unspecified atom stereocenters. The lowest BCUT2D eigenvalue weighted by Crippen LogP contribution is -2.34. The fraction of sp³-hybridized carbons (Fsp3) is 0.450. The van der Waals surface area contributed by atoms with Gasteiger partial charge < -0.3 is 0 Å². The summed E-state index contributed by atoms with van der Waals surface area (Å²) in [5.41, 5.74) is 6.34. The van der Waals surface area contributed by atoms with E-state index < -0.39 is 6.85 Å². The summed E-state index contributed by atoms with van der Waals surface area (Å²) in [5.74, 6) is 0. The number of benzene rings is 1. The van der Waals surface area contributed by atoms with E-state index in [0.29, 0.717) is 5.56 Å². The molecule has 1 aromatic heterocycles. The van der Waals surface area contributed by atoms with Gasteiger partial charge in [-0.3, -0.25) is 0 Å². The molecule has 1 heteroatoms. The summed E-state index contributed by atoms with van der Waals surface area (Å²) in [6.07, 6.45) is 3.30. The van der Waals surface area contributed by atoms with E-state index in [1.54, 1.807) is 12.1 Å². The van der Waals surface area contributed by atoms with Gasteiger partial charge in [-0.15, -0.1) is 0 Å². The van der Waals surface area contributed by atoms with Crippen LogP contribution in [0.25, 0.3) is 11.3 Å². The van der Waals surface area contributed by atoms with Crippen molar-refractivity contribution < 1.29 is 8.68 Å². The quantitative estimate of drug-likeness (QED) is 0.714. The summed E-state index contributed by atoms with van der Waals surface area (Å²) in [7, 11) is 2.06. The van der Waals surface area contributed by atoms with Crippen LogP contribution in [0.2, 0.25) is 0 Å². The highest BCUT2D eigenvalue weighted by Gasteiger charge is 2.25. The van der Waals surface area contributed by atoms with Crippen LogP contribution in [0.5, 0.6) is 0 Å². The van der Waals surface area contributed by atoms with Crippen molar-refractivity contribution >= 4 is 0 Å². The number of nitrogens with zero attached hydrogens (tertiary/aromatic N) is 1. The number of rotatable bonds is 3. The van der Waals surface area contributed by atoms with Crippen molar-refractivity contribution in [3.63, 3.8) is 0 Å². The van der Waals surface area contributed by atoms with Crippen molar-refractivity contribution in [2.45, 2.75) is 53.3 Å². The van der Waals surface area contributed by atoms with Crippen LogP contribution < -0.4 is 4.57 Å². The molecule has 21 heavy (non-hydrogen) atoms. The molecule has 0 saturated carbocycles. The van der Waals surface area contributed by atoms with Crippen LogP contribution in [0, 0.1) is 20.7 Å². The third kappa shape index (κ3) is 3.02. The third-order valence-electron chi connectivity index (χ3n) is 4.60. The van der Waals surface area contributed by atoms with Crippen LogP contribution in [-0.2, 0) is 12.5 Å². The van der Waals surface area contributed by atoms with Gasteiger partial charge >= 0.3 is 0 Å². The van der Waals surface area contributed by atoms with Crippen LogP contribution in [0.1, 0.15) is 53.6 Å². The van der Waals surface area contributed by atoms with E-state index in [0.717, 1.165) is 23.2 Å². The molecule has 2 rings (SSSR count). The zero-order valence-electron chi connectivity index (χ0n) is 17.0. The van der Waals surface area contributed by atoms with Crippen LogP contribution in [0.15, 0.2) is 30.5 Å². The lowest BCUT2D eigenvalue weighted by molar-refractivity contribution is -0.661. The monoisotopic (exact) mass is 285 g/mol. The molecule has 0 fully saturated rings. The minimum atomic E-state index is -2.06. The van der Waals surface area contributed by atoms with E-state index in [1.165, 1.54) is 11.1 Å². The average molecular weight is 285 g/mol. The van der Waals surface area contributed by atoms with Gasteiger partial charge in [-0.25, -0.2) is 4.57 Å². The highest BCUT2D eigenvalue weighted by atomic mass is 14.9. The number of aryl methyl sites for hydroxylation is 4. The lowest BCUT2D eigenvalue weighted by Gasteiger charge is -2.24. The van der Waals surface area contributed by atoms with E-state index in [-0.39, 0.29) is 5.41 Å². The maximum atomic E-state index is 7.57. The van der Waals surface area contributed by atoms with Gasteiger partial charge in [0.05, 0.1) is 0 Å². The van der Waals surface area contributed by atoms with Gasteiger partial charge in [0.15, 0.2) is 6.20 Å². The Balaban J connectivity index is 2.57. The Labute approximate surface area is 133 Å². The fourth-order valence-electron chi connectivity index (χ4n) is 2.87. The third-order valence-corrected chi connectivity index (χ3v) is 4.60. The summed E-state index contributed by atoms with van der Waals surface area (Å²) in [5, 5.41) is 0. The Kier molecular flexibility index (Phi) is 3.21. The molecule has 0 aliphatic carbocycles. The number of aromatic nitrogens is 1. The van der Waals surface area contributed by atoms with Crippen molar-refractivity contribution in [2.24, 2.45) is 7.05 Å². The Bertz CT molecular complexity index is 758. The topological polar surface area (TPSA) is 3.88 Å². The van der Waals surface area contributed by atoms with Gasteiger partial charge in [-0.05, 0) is 49.7 Å². The molecule has 0 bridgehead atoms. The van der Waals surface area contributed by atoms with E-state index >= 15 is 0 Å². The smallest absolute Gasteiger partial charge is 0.201 e. The first-order valence-corrected chi connectivity index (χ1v) is 7.59. The molecule has 2 aromatic rings. The number of hydrogen-bond acceptors (Lipinski definition) is 0. The van der Waals surface area contributed by atoms with Crippen molar-refractivity contribution in [1.82, 2.24) is 0 Å². The van der Waals surface area contributed by atoms with Gasteiger partial charge in [-0.2, -0.15) is 0 Å². The molecule has 0 N–H and O–H groups in total. The maximum Gasteiger partial charge on any atom is 0.212 e. The van der Waals surface area contributed by atoms with E-state index in [1.807, 2.05) is 13.0 Å².